The van der Waals surface area contributed by atoms with E-state index in [1.54, 1.807) is 6.20 Å². The summed E-state index contributed by atoms with van der Waals surface area (Å²) in [4.78, 5) is 20.0. The van der Waals surface area contributed by atoms with Crippen molar-refractivity contribution in [2.45, 2.75) is 5.41 Å². The fourth-order valence-corrected chi connectivity index (χ4v) is 11.5. The van der Waals surface area contributed by atoms with E-state index < -0.39 is 5.41 Å². The van der Waals surface area contributed by atoms with Crippen molar-refractivity contribution in [2.24, 2.45) is 0 Å². The SMILES string of the molecule is c1ccc(-c2nc(-c3ccc(-c4cccnc4)cc3)nc(-c3ccc4c(c3)C3(c5ccccc5-c5ccccc5-4)c4ccccc4-c4c3ccc3c4sc4ccccc43)n2)cc1. The lowest BCUT2D eigenvalue weighted by atomic mass is 9.65. The summed E-state index contributed by atoms with van der Waals surface area (Å²) in [7, 11) is 0. The van der Waals surface area contributed by atoms with Gasteiger partial charge in [0.2, 0.25) is 0 Å². The molecule has 0 saturated carbocycles. The number of benzene rings is 8. The zero-order chi connectivity index (χ0) is 40.8. The summed E-state index contributed by atoms with van der Waals surface area (Å²) in [5, 5.41) is 2.60. The summed E-state index contributed by atoms with van der Waals surface area (Å²) in [6.45, 7) is 0. The van der Waals surface area contributed by atoms with Crippen LogP contribution in [0, 0.1) is 0 Å². The van der Waals surface area contributed by atoms with Crippen molar-refractivity contribution in [3.63, 3.8) is 0 Å². The van der Waals surface area contributed by atoms with Crippen LogP contribution >= 0.6 is 11.3 Å². The van der Waals surface area contributed by atoms with Gasteiger partial charge in [-0.05, 0) is 79.4 Å². The van der Waals surface area contributed by atoms with Gasteiger partial charge in [-0.25, -0.2) is 15.0 Å². The fourth-order valence-electron chi connectivity index (χ4n) is 10.2. The van der Waals surface area contributed by atoms with E-state index in [-0.39, 0.29) is 0 Å². The van der Waals surface area contributed by atoms with Crippen LogP contribution in [-0.2, 0) is 5.41 Å². The van der Waals surface area contributed by atoms with Crippen LogP contribution in [0.15, 0.2) is 207 Å². The molecular formula is C57H34N4S. The topological polar surface area (TPSA) is 51.6 Å². The third-order valence-corrected chi connectivity index (χ3v) is 14.1. The molecule has 1 unspecified atom stereocenters. The molecule has 1 atom stereocenters. The van der Waals surface area contributed by atoms with Crippen LogP contribution in [0.25, 0.3) is 98.8 Å². The van der Waals surface area contributed by atoms with Gasteiger partial charge in [0.05, 0.1) is 5.41 Å². The summed E-state index contributed by atoms with van der Waals surface area (Å²) in [5.41, 5.74) is 16.8. The lowest BCUT2D eigenvalue weighted by molar-refractivity contribution is 0.776. The molecule has 2 aliphatic carbocycles. The lowest BCUT2D eigenvalue weighted by Crippen LogP contribution is -2.29. The Morgan fingerprint density at radius 2 is 0.919 bits per heavy atom. The highest BCUT2D eigenvalue weighted by atomic mass is 32.1. The van der Waals surface area contributed by atoms with Gasteiger partial charge in [0.25, 0.3) is 0 Å². The second-order valence-corrected chi connectivity index (χ2v) is 17.2. The van der Waals surface area contributed by atoms with Gasteiger partial charge in [-0.15, -0.1) is 11.3 Å². The molecular weight excluding hydrogens is 773 g/mol. The van der Waals surface area contributed by atoms with Crippen molar-refractivity contribution in [1.29, 1.82) is 0 Å². The van der Waals surface area contributed by atoms with Gasteiger partial charge in [-0.1, -0.05) is 176 Å². The average molecular weight is 807 g/mol. The Morgan fingerprint density at radius 3 is 1.66 bits per heavy atom. The van der Waals surface area contributed by atoms with E-state index in [1.165, 1.54) is 75.8 Å². The molecule has 0 saturated heterocycles. The van der Waals surface area contributed by atoms with E-state index >= 15 is 0 Å². The third kappa shape index (κ3) is 5.06. The van der Waals surface area contributed by atoms with Gasteiger partial charge < -0.3 is 0 Å². The molecule has 0 amide bonds. The summed E-state index contributed by atoms with van der Waals surface area (Å²) in [5.74, 6) is 1.88. The average Bonchev–Trinajstić information content (AvgIpc) is 3.85. The third-order valence-electron chi connectivity index (χ3n) is 12.9. The van der Waals surface area contributed by atoms with Gasteiger partial charge in [0, 0.05) is 54.8 Å². The first-order valence-electron chi connectivity index (χ1n) is 21.0. The molecule has 288 valence electrons. The highest BCUT2D eigenvalue weighted by molar-refractivity contribution is 7.26. The van der Waals surface area contributed by atoms with Crippen LogP contribution in [0.1, 0.15) is 22.3 Å². The maximum Gasteiger partial charge on any atom is 0.164 e. The second kappa shape index (κ2) is 13.6. The Labute approximate surface area is 362 Å². The van der Waals surface area contributed by atoms with Crippen LogP contribution in [0.3, 0.4) is 0 Å². The predicted molar refractivity (Wildman–Crippen MR) is 254 cm³/mol. The van der Waals surface area contributed by atoms with Crippen LogP contribution in [0.4, 0.5) is 0 Å². The Balaban J connectivity index is 1.10. The number of fused-ring (bicyclic) bond motifs is 16. The first-order chi connectivity index (χ1) is 30.7. The van der Waals surface area contributed by atoms with Crippen molar-refractivity contribution in [3.8, 4) is 78.7 Å². The van der Waals surface area contributed by atoms with Gasteiger partial charge in [-0.3, -0.25) is 4.98 Å². The summed E-state index contributed by atoms with van der Waals surface area (Å²) in [6, 6.07) is 70.2. The minimum absolute atomic E-state index is 0.621. The zero-order valence-corrected chi connectivity index (χ0v) is 34.1. The molecule has 1 spiro atoms. The maximum absolute atomic E-state index is 5.30. The molecule has 13 rings (SSSR count). The number of nitrogens with zero attached hydrogens (tertiary/aromatic N) is 4. The van der Waals surface area contributed by atoms with E-state index in [0.717, 1.165) is 27.8 Å². The highest BCUT2D eigenvalue weighted by Crippen LogP contribution is 2.63. The monoisotopic (exact) mass is 806 g/mol. The molecule has 5 heteroatoms. The van der Waals surface area contributed by atoms with E-state index in [0.29, 0.717) is 17.5 Å². The largest absolute Gasteiger partial charge is 0.264 e. The van der Waals surface area contributed by atoms with Crippen molar-refractivity contribution in [1.82, 2.24) is 19.9 Å². The fraction of sp³-hybridized carbons (Fsp3) is 0.0175. The molecule has 4 nitrogen and oxygen atoms in total. The standard InChI is InChI=1S/C57H34N4S/c1-2-13-36(14-3-1)54-59-55(37-26-24-35(25-27-37)39-15-12-32-58-34-39)61-56(60-54)38-28-29-43-41-17-5-4-16-40(41)42-18-6-9-21-47(42)57(50(43)33-38)48-22-10-7-20-46(48)52-49(57)31-30-45-44-19-8-11-23-51(44)62-53(45)52/h1-34H. The Bertz CT molecular complexity index is 3580. The Hall–Kier alpha value is -7.86. The minimum atomic E-state index is -0.655. The molecule has 0 fully saturated rings. The minimum Gasteiger partial charge on any atom is -0.264 e. The molecule has 0 aliphatic heterocycles. The van der Waals surface area contributed by atoms with Crippen molar-refractivity contribution >= 4 is 31.5 Å². The van der Waals surface area contributed by atoms with Crippen LogP contribution in [-0.4, -0.2) is 19.9 Å². The van der Waals surface area contributed by atoms with E-state index in [4.69, 9.17) is 15.0 Å². The first-order valence-corrected chi connectivity index (χ1v) is 21.8. The maximum atomic E-state index is 5.30. The van der Waals surface area contributed by atoms with Gasteiger partial charge in [0.1, 0.15) is 0 Å². The number of hydrogen-bond donors (Lipinski definition) is 0. The van der Waals surface area contributed by atoms with Gasteiger partial charge in [-0.2, -0.15) is 0 Å². The number of thiophene rings is 1. The van der Waals surface area contributed by atoms with Crippen LogP contribution in [0.2, 0.25) is 0 Å². The van der Waals surface area contributed by atoms with Gasteiger partial charge >= 0.3 is 0 Å². The smallest absolute Gasteiger partial charge is 0.164 e. The number of aromatic nitrogens is 4. The van der Waals surface area contributed by atoms with Crippen molar-refractivity contribution in [2.75, 3.05) is 0 Å². The zero-order valence-electron chi connectivity index (χ0n) is 33.3. The molecule has 8 aromatic carbocycles. The molecule has 3 heterocycles. The Kier molecular flexibility index (Phi) is 7.66. The van der Waals surface area contributed by atoms with E-state index in [1.807, 2.05) is 41.8 Å². The molecule has 62 heavy (non-hydrogen) atoms. The second-order valence-electron chi connectivity index (χ2n) is 16.1. The summed E-state index contributed by atoms with van der Waals surface area (Å²) >= 11 is 1.90. The summed E-state index contributed by atoms with van der Waals surface area (Å²) in [6.07, 6.45) is 3.68. The molecule has 2 aliphatic rings. The normalized spacial score (nSPS) is 14.5. The molecule has 0 radical (unpaired) electrons. The molecule has 3 aromatic heterocycles. The predicted octanol–water partition coefficient (Wildman–Crippen LogP) is 14.3. The van der Waals surface area contributed by atoms with Crippen LogP contribution in [0.5, 0.6) is 0 Å². The molecule has 0 N–H and O–H groups in total. The van der Waals surface area contributed by atoms with Crippen molar-refractivity contribution < 1.29 is 0 Å². The van der Waals surface area contributed by atoms with E-state index in [2.05, 4.69) is 175 Å². The van der Waals surface area contributed by atoms with Crippen LogP contribution < -0.4 is 0 Å². The lowest BCUT2D eigenvalue weighted by Gasteiger charge is -2.35. The number of pyridine rings is 1. The van der Waals surface area contributed by atoms with Gasteiger partial charge in [0.15, 0.2) is 17.5 Å². The highest BCUT2D eigenvalue weighted by Gasteiger charge is 2.50. The number of rotatable bonds is 4. The quantitative estimate of drug-likeness (QED) is 0.178. The summed E-state index contributed by atoms with van der Waals surface area (Å²) < 4.78 is 2.63. The number of hydrogen-bond acceptors (Lipinski definition) is 5. The Morgan fingerprint density at radius 1 is 0.355 bits per heavy atom. The van der Waals surface area contributed by atoms with Crippen molar-refractivity contribution in [3.05, 3.63) is 229 Å². The molecule has 0 bridgehead atoms. The van der Waals surface area contributed by atoms with E-state index in [9.17, 15) is 0 Å². The molecule has 11 aromatic rings. The first kappa shape index (κ1) is 34.9.